The third-order valence-corrected chi connectivity index (χ3v) is 9.40. The molecule has 1 saturated heterocycles. The molecule has 1 aromatic heterocycles. The van der Waals surface area contributed by atoms with Crippen molar-refractivity contribution in [2.45, 2.75) is 29.5 Å². The molecule has 11 nitrogen and oxygen atoms in total. The summed E-state index contributed by atoms with van der Waals surface area (Å²) in [6.45, 7) is 1.60. The number of aromatic nitrogens is 2. The molecule has 0 saturated carbocycles. The summed E-state index contributed by atoms with van der Waals surface area (Å²) in [5.74, 6) is 1.94. The van der Waals surface area contributed by atoms with Crippen LogP contribution >= 0.6 is 11.8 Å². The smallest absolute Gasteiger partial charge is 0.256 e. The van der Waals surface area contributed by atoms with E-state index in [1.165, 1.54) is 33.3 Å². The van der Waals surface area contributed by atoms with Crippen molar-refractivity contribution < 1.29 is 27.5 Å². The minimum atomic E-state index is -3.66. The maximum absolute atomic E-state index is 13.1. The number of ether oxygens (including phenoxy) is 2. The molecule has 2 aliphatic heterocycles. The Bertz CT molecular complexity index is 1450. The number of rotatable bonds is 9. The zero-order chi connectivity index (χ0) is 27.4. The maximum atomic E-state index is 13.1. The van der Waals surface area contributed by atoms with Gasteiger partial charge < -0.3 is 20.1 Å². The summed E-state index contributed by atoms with van der Waals surface area (Å²) in [5, 5.41) is 10.3. The number of methoxy groups -OCH3 is 1. The zero-order valence-electron chi connectivity index (χ0n) is 21.4. The van der Waals surface area contributed by atoms with Gasteiger partial charge in [-0.05, 0) is 42.0 Å². The summed E-state index contributed by atoms with van der Waals surface area (Å²) < 4.78 is 39.1. The lowest BCUT2D eigenvalue weighted by Crippen LogP contribution is -2.40. The number of amides is 2. The Morgan fingerprint density at radius 2 is 1.77 bits per heavy atom. The molecular formula is C26H29N5O6S2. The highest BCUT2D eigenvalue weighted by Crippen LogP contribution is 2.35. The molecule has 13 heteroatoms. The molecule has 0 atom stereocenters. The maximum Gasteiger partial charge on any atom is 0.256 e. The second kappa shape index (κ2) is 11.8. The van der Waals surface area contributed by atoms with Crippen LogP contribution in [-0.2, 0) is 44.1 Å². The first kappa shape index (κ1) is 27.2. The van der Waals surface area contributed by atoms with E-state index in [4.69, 9.17) is 9.47 Å². The highest BCUT2D eigenvalue weighted by atomic mass is 32.2. The number of sulfonamides is 1. The Hall–Kier alpha value is -3.39. The fraction of sp³-hybridized carbons (Fsp3) is 0.346. The standard InChI is InChI=1S/C26H29N5O6S2/c1-36-20-6-2-18(3-7-20)14-27-24(32)15-31-25(22-16-38-17-23(22)29-31)28-26(33)19-4-8-21(9-5-19)39(34,35)30-10-12-37-13-11-30/h2-9H,10-17H2,1H3,(H,27,32)(H,28,33). The van der Waals surface area contributed by atoms with Crippen molar-refractivity contribution in [3.63, 3.8) is 0 Å². The lowest BCUT2D eigenvalue weighted by atomic mass is 10.2. The van der Waals surface area contributed by atoms with Gasteiger partial charge >= 0.3 is 0 Å². The second-order valence-electron chi connectivity index (χ2n) is 9.04. The van der Waals surface area contributed by atoms with Gasteiger partial charge in [0.1, 0.15) is 18.1 Å². The van der Waals surface area contributed by atoms with Gasteiger partial charge in [-0.15, -0.1) is 0 Å². The number of nitrogens with one attached hydrogen (secondary N) is 2. The third kappa shape index (κ3) is 6.11. The molecule has 2 N–H and O–H groups in total. The summed E-state index contributed by atoms with van der Waals surface area (Å²) in [6, 6.07) is 13.3. The van der Waals surface area contributed by atoms with Gasteiger partial charge in [-0.3, -0.25) is 9.59 Å². The Labute approximate surface area is 230 Å². The van der Waals surface area contributed by atoms with Crippen molar-refractivity contribution in [3.8, 4) is 5.75 Å². The number of nitrogens with zero attached hydrogens (tertiary/aromatic N) is 3. The summed E-state index contributed by atoms with van der Waals surface area (Å²) in [6.07, 6.45) is 0. The van der Waals surface area contributed by atoms with E-state index in [-0.39, 0.29) is 17.3 Å². The van der Waals surface area contributed by atoms with E-state index in [1.807, 2.05) is 24.3 Å². The zero-order valence-corrected chi connectivity index (χ0v) is 23.0. The van der Waals surface area contributed by atoms with Crippen LogP contribution in [0.1, 0.15) is 27.2 Å². The molecular weight excluding hydrogens is 542 g/mol. The molecule has 5 rings (SSSR count). The SMILES string of the molecule is COc1ccc(CNC(=O)Cn2nc3c(c2NC(=O)c2ccc(S(=O)(=O)N4CCOCC4)cc2)CSC3)cc1. The predicted molar refractivity (Wildman–Crippen MR) is 146 cm³/mol. The molecule has 206 valence electrons. The van der Waals surface area contributed by atoms with Crippen LogP contribution < -0.4 is 15.4 Å². The Kier molecular flexibility index (Phi) is 8.21. The third-order valence-electron chi connectivity index (χ3n) is 6.52. The molecule has 2 aliphatic rings. The fourth-order valence-electron chi connectivity index (χ4n) is 4.35. The van der Waals surface area contributed by atoms with E-state index < -0.39 is 15.9 Å². The van der Waals surface area contributed by atoms with E-state index in [0.29, 0.717) is 55.7 Å². The van der Waals surface area contributed by atoms with Crippen LogP contribution in [0, 0.1) is 0 Å². The minimum absolute atomic E-state index is 0.0554. The normalized spacial score (nSPS) is 15.5. The second-order valence-corrected chi connectivity index (χ2v) is 12.0. The number of thioether (sulfide) groups is 1. The quantitative estimate of drug-likeness (QED) is 0.400. The Morgan fingerprint density at radius 3 is 2.46 bits per heavy atom. The summed E-state index contributed by atoms with van der Waals surface area (Å²) in [7, 11) is -2.06. The molecule has 2 aromatic carbocycles. The number of carbonyl (C=O) groups excluding carboxylic acids is 2. The van der Waals surface area contributed by atoms with Crippen molar-refractivity contribution in [2.75, 3.05) is 38.7 Å². The molecule has 0 spiro atoms. The number of hydrogen-bond acceptors (Lipinski definition) is 8. The van der Waals surface area contributed by atoms with Gasteiger partial charge in [0.15, 0.2) is 0 Å². The van der Waals surface area contributed by atoms with Gasteiger partial charge in [-0.25, -0.2) is 13.1 Å². The van der Waals surface area contributed by atoms with Gasteiger partial charge in [0, 0.05) is 42.3 Å². The van der Waals surface area contributed by atoms with Crippen LogP contribution in [0.25, 0.3) is 0 Å². The molecule has 0 bridgehead atoms. The fourth-order valence-corrected chi connectivity index (χ4v) is 6.79. The van der Waals surface area contributed by atoms with E-state index >= 15 is 0 Å². The van der Waals surface area contributed by atoms with E-state index in [1.54, 1.807) is 18.9 Å². The average Bonchev–Trinajstić information content (AvgIpc) is 3.55. The summed E-state index contributed by atoms with van der Waals surface area (Å²) in [4.78, 5) is 26.0. The van der Waals surface area contributed by atoms with Gasteiger partial charge in [0.05, 0.1) is 30.9 Å². The van der Waals surface area contributed by atoms with Crippen molar-refractivity contribution >= 4 is 39.4 Å². The highest BCUT2D eigenvalue weighted by Gasteiger charge is 2.28. The van der Waals surface area contributed by atoms with E-state index in [2.05, 4.69) is 15.7 Å². The van der Waals surface area contributed by atoms with Crippen molar-refractivity contribution in [1.82, 2.24) is 19.4 Å². The number of morpholine rings is 1. The largest absolute Gasteiger partial charge is 0.497 e. The first-order chi connectivity index (χ1) is 18.8. The first-order valence-electron chi connectivity index (χ1n) is 12.4. The molecule has 3 heterocycles. The molecule has 1 fully saturated rings. The molecule has 3 aromatic rings. The molecule has 39 heavy (non-hydrogen) atoms. The number of fused-ring (bicyclic) bond motifs is 1. The van der Waals surface area contributed by atoms with Crippen LogP contribution in [0.2, 0.25) is 0 Å². The number of benzene rings is 2. The van der Waals surface area contributed by atoms with Crippen LogP contribution in [0.3, 0.4) is 0 Å². The van der Waals surface area contributed by atoms with Crippen LogP contribution in [0.4, 0.5) is 5.82 Å². The van der Waals surface area contributed by atoms with E-state index in [9.17, 15) is 18.0 Å². The molecule has 0 aliphatic carbocycles. The molecule has 0 unspecified atom stereocenters. The summed E-state index contributed by atoms with van der Waals surface area (Å²) in [5.41, 5.74) is 2.95. The topological polar surface area (TPSA) is 132 Å². The van der Waals surface area contributed by atoms with Crippen LogP contribution in [0.15, 0.2) is 53.4 Å². The van der Waals surface area contributed by atoms with Crippen molar-refractivity contribution in [1.29, 1.82) is 0 Å². The van der Waals surface area contributed by atoms with Gasteiger partial charge in [0.25, 0.3) is 5.91 Å². The van der Waals surface area contributed by atoms with Gasteiger partial charge in [-0.2, -0.15) is 21.2 Å². The summed E-state index contributed by atoms with van der Waals surface area (Å²) >= 11 is 1.68. The number of hydrogen-bond donors (Lipinski definition) is 2. The van der Waals surface area contributed by atoms with E-state index in [0.717, 1.165) is 22.6 Å². The van der Waals surface area contributed by atoms with Crippen molar-refractivity contribution in [2.24, 2.45) is 0 Å². The Morgan fingerprint density at radius 1 is 1.05 bits per heavy atom. The highest BCUT2D eigenvalue weighted by molar-refractivity contribution is 7.98. The number of anilines is 1. The lowest BCUT2D eigenvalue weighted by Gasteiger charge is -2.26. The average molecular weight is 572 g/mol. The Balaban J connectivity index is 1.26. The minimum Gasteiger partial charge on any atom is -0.497 e. The van der Waals surface area contributed by atoms with Gasteiger partial charge in [-0.1, -0.05) is 12.1 Å². The first-order valence-corrected chi connectivity index (χ1v) is 15.0. The molecule has 0 radical (unpaired) electrons. The van der Waals surface area contributed by atoms with Crippen LogP contribution in [0.5, 0.6) is 5.75 Å². The van der Waals surface area contributed by atoms with Gasteiger partial charge in [0.2, 0.25) is 15.9 Å². The van der Waals surface area contributed by atoms with Crippen LogP contribution in [-0.4, -0.2) is 67.7 Å². The predicted octanol–water partition coefficient (Wildman–Crippen LogP) is 2.23. The monoisotopic (exact) mass is 571 g/mol. The lowest BCUT2D eigenvalue weighted by molar-refractivity contribution is -0.122. The number of carbonyl (C=O) groups is 2. The van der Waals surface area contributed by atoms with Crippen molar-refractivity contribution in [3.05, 3.63) is 70.9 Å². The molecule has 2 amide bonds.